The fourth-order valence-corrected chi connectivity index (χ4v) is 3.75. The van der Waals surface area contributed by atoms with E-state index >= 15 is 0 Å². The second-order valence-corrected chi connectivity index (χ2v) is 6.31. The number of fused-ring (bicyclic) bond motifs is 1. The van der Waals surface area contributed by atoms with Gasteiger partial charge in [0.25, 0.3) is 0 Å². The molecule has 0 bridgehead atoms. The number of rotatable bonds is 2. The number of hydrogen-bond acceptors (Lipinski definition) is 5. The maximum Gasteiger partial charge on any atom is 0.320 e. The smallest absolute Gasteiger partial charge is 0.320 e. The van der Waals surface area contributed by atoms with Gasteiger partial charge in [0.15, 0.2) is 5.82 Å². The van der Waals surface area contributed by atoms with Crippen LogP contribution in [0.15, 0.2) is 6.33 Å². The monoisotopic (exact) mass is 311 g/mol. The zero-order chi connectivity index (χ0) is 14.8. The maximum atomic E-state index is 12.7. The van der Waals surface area contributed by atoms with E-state index < -0.39 is 5.97 Å². The van der Waals surface area contributed by atoms with Crippen molar-refractivity contribution in [2.45, 2.75) is 25.6 Å². The molecule has 1 N–H and O–H groups in total. The number of amides is 2. The van der Waals surface area contributed by atoms with Gasteiger partial charge < -0.3 is 19.5 Å². The van der Waals surface area contributed by atoms with Crippen molar-refractivity contribution in [3.05, 3.63) is 12.2 Å². The number of urea groups is 1. The molecule has 0 radical (unpaired) electrons. The van der Waals surface area contributed by atoms with E-state index in [9.17, 15) is 9.59 Å². The van der Waals surface area contributed by atoms with E-state index in [0.717, 1.165) is 11.6 Å². The van der Waals surface area contributed by atoms with Gasteiger partial charge >= 0.3 is 12.0 Å². The molecule has 114 valence electrons. The SMILES string of the molecule is O=C(O)CC1CSCCN1C(=O)N1CCn2cnnc2C1. The van der Waals surface area contributed by atoms with E-state index in [1.54, 1.807) is 27.9 Å². The number of carboxylic acid groups (broad SMARTS) is 1. The van der Waals surface area contributed by atoms with Gasteiger partial charge in [0, 0.05) is 31.1 Å². The normalized spacial score (nSPS) is 22.0. The summed E-state index contributed by atoms with van der Waals surface area (Å²) in [5.41, 5.74) is 0. The van der Waals surface area contributed by atoms with Crippen LogP contribution in [0.2, 0.25) is 0 Å². The van der Waals surface area contributed by atoms with Gasteiger partial charge in [-0.2, -0.15) is 11.8 Å². The second-order valence-electron chi connectivity index (χ2n) is 5.16. The fraction of sp³-hybridized carbons (Fsp3) is 0.667. The first kappa shape index (κ1) is 14.2. The molecule has 8 nitrogen and oxygen atoms in total. The second kappa shape index (κ2) is 5.92. The molecule has 0 spiro atoms. The molecular formula is C12H17N5O3S. The van der Waals surface area contributed by atoms with Crippen LogP contribution in [0.5, 0.6) is 0 Å². The van der Waals surface area contributed by atoms with E-state index in [-0.39, 0.29) is 18.5 Å². The van der Waals surface area contributed by atoms with Gasteiger partial charge in [0.05, 0.1) is 19.0 Å². The minimum Gasteiger partial charge on any atom is -0.481 e. The minimum atomic E-state index is -0.862. The lowest BCUT2D eigenvalue weighted by Crippen LogP contribution is -2.53. The summed E-state index contributed by atoms with van der Waals surface area (Å²) < 4.78 is 1.94. The number of aliphatic carboxylic acids is 1. The van der Waals surface area contributed by atoms with Gasteiger partial charge in [0.1, 0.15) is 6.33 Å². The Kier molecular flexibility index (Phi) is 4.00. The van der Waals surface area contributed by atoms with Crippen LogP contribution in [-0.4, -0.2) is 72.3 Å². The highest BCUT2D eigenvalue weighted by molar-refractivity contribution is 7.99. The van der Waals surface area contributed by atoms with Crippen LogP contribution >= 0.6 is 11.8 Å². The molecule has 0 aromatic carbocycles. The predicted octanol–water partition coefficient (Wildman–Crippen LogP) is 0.106. The molecule has 2 aliphatic rings. The highest BCUT2D eigenvalue weighted by Gasteiger charge is 2.33. The third-order valence-electron chi connectivity index (χ3n) is 3.79. The highest BCUT2D eigenvalue weighted by atomic mass is 32.2. The first-order valence-corrected chi connectivity index (χ1v) is 8.02. The van der Waals surface area contributed by atoms with Gasteiger partial charge in [-0.25, -0.2) is 4.79 Å². The predicted molar refractivity (Wildman–Crippen MR) is 75.9 cm³/mol. The zero-order valence-corrected chi connectivity index (χ0v) is 12.3. The van der Waals surface area contributed by atoms with Crippen LogP contribution in [0.4, 0.5) is 4.79 Å². The van der Waals surface area contributed by atoms with Crippen molar-refractivity contribution in [2.75, 3.05) is 24.6 Å². The summed E-state index contributed by atoms with van der Waals surface area (Å²) in [6.07, 6.45) is 1.67. The van der Waals surface area contributed by atoms with Crippen LogP contribution < -0.4 is 0 Å². The van der Waals surface area contributed by atoms with Gasteiger partial charge in [0.2, 0.25) is 0 Å². The lowest BCUT2D eigenvalue weighted by atomic mass is 10.2. The molecule has 2 amide bonds. The summed E-state index contributed by atoms with van der Waals surface area (Å²) in [4.78, 5) is 27.1. The van der Waals surface area contributed by atoms with Crippen molar-refractivity contribution in [1.29, 1.82) is 0 Å². The lowest BCUT2D eigenvalue weighted by molar-refractivity contribution is -0.138. The molecule has 1 saturated heterocycles. The van der Waals surface area contributed by atoms with Gasteiger partial charge in [-0.05, 0) is 0 Å². The van der Waals surface area contributed by atoms with Crippen LogP contribution in [0.3, 0.4) is 0 Å². The van der Waals surface area contributed by atoms with Crippen molar-refractivity contribution in [3.8, 4) is 0 Å². The average Bonchev–Trinajstić information content (AvgIpc) is 2.94. The molecule has 1 unspecified atom stereocenters. The molecule has 0 aliphatic carbocycles. The zero-order valence-electron chi connectivity index (χ0n) is 11.5. The van der Waals surface area contributed by atoms with E-state index in [1.165, 1.54) is 0 Å². The largest absolute Gasteiger partial charge is 0.481 e. The van der Waals surface area contributed by atoms with Gasteiger partial charge in [-0.3, -0.25) is 4.79 Å². The molecule has 2 aliphatic heterocycles. The third kappa shape index (κ3) is 2.97. The number of carbonyl (C=O) groups excluding carboxylic acids is 1. The van der Waals surface area contributed by atoms with E-state index in [4.69, 9.17) is 5.11 Å². The quantitative estimate of drug-likeness (QED) is 0.833. The Labute approximate surface area is 126 Å². The van der Waals surface area contributed by atoms with Crippen molar-refractivity contribution in [1.82, 2.24) is 24.6 Å². The Morgan fingerprint density at radius 3 is 3.05 bits per heavy atom. The fourth-order valence-electron chi connectivity index (χ4n) is 2.69. The summed E-state index contributed by atoms with van der Waals surface area (Å²) in [6, 6.07) is -0.315. The van der Waals surface area contributed by atoms with Crippen LogP contribution in [0, 0.1) is 0 Å². The molecule has 21 heavy (non-hydrogen) atoms. The van der Waals surface area contributed by atoms with Crippen LogP contribution in [0.25, 0.3) is 0 Å². The number of aromatic nitrogens is 3. The molecule has 1 aromatic heterocycles. The molecule has 3 heterocycles. The number of carboxylic acids is 1. The third-order valence-corrected chi connectivity index (χ3v) is 4.88. The van der Waals surface area contributed by atoms with Gasteiger partial charge in [-0.15, -0.1) is 10.2 Å². The molecule has 0 saturated carbocycles. The molecule has 1 atom stereocenters. The van der Waals surface area contributed by atoms with Crippen molar-refractivity contribution >= 4 is 23.8 Å². The Bertz CT molecular complexity index is 549. The summed E-state index contributed by atoms with van der Waals surface area (Å²) in [6.45, 7) is 2.32. The van der Waals surface area contributed by atoms with Gasteiger partial charge in [-0.1, -0.05) is 0 Å². The van der Waals surface area contributed by atoms with Crippen LogP contribution in [-0.2, 0) is 17.9 Å². The number of thioether (sulfide) groups is 1. The number of nitrogens with zero attached hydrogens (tertiary/aromatic N) is 5. The Morgan fingerprint density at radius 2 is 2.24 bits per heavy atom. The maximum absolute atomic E-state index is 12.7. The average molecular weight is 311 g/mol. The van der Waals surface area contributed by atoms with Crippen molar-refractivity contribution < 1.29 is 14.7 Å². The lowest BCUT2D eigenvalue weighted by Gasteiger charge is -2.39. The molecule has 1 aromatic rings. The summed E-state index contributed by atoms with van der Waals surface area (Å²) in [5, 5.41) is 16.8. The highest BCUT2D eigenvalue weighted by Crippen LogP contribution is 2.22. The summed E-state index contributed by atoms with van der Waals surface area (Å²) >= 11 is 1.70. The number of carbonyl (C=O) groups is 2. The van der Waals surface area contributed by atoms with E-state index in [0.29, 0.717) is 31.9 Å². The summed E-state index contributed by atoms with van der Waals surface area (Å²) in [5.74, 6) is 1.45. The standard InChI is InChI=1S/C12H17N5O3S/c18-11(19)5-9-7-21-4-3-17(9)12(20)15-1-2-16-8-13-14-10(16)6-15/h8-9H,1-7H2,(H,18,19). The summed E-state index contributed by atoms with van der Waals surface area (Å²) in [7, 11) is 0. The molecule has 9 heteroatoms. The molecule has 3 rings (SSSR count). The van der Waals surface area contributed by atoms with Crippen LogP contribution in [0.1, 0.15) is 12.2 Å². The van der Waals surface area contributed by atoms with E-state index in [1.807, 2.05) is 4.57 Å². The first-order valence-electron chi connectivity index (χ1n) is 6.87. The minimum absolute atomic E-state index is 0.00274. The van der Waals surface area contributed by atoms with Crippen molar-refractivity contribution in [3.63, 3.8) is 0 Å². The Balaban J connectivity index is 1.70. The topological polar surface area (TPSA) is 91.6 Å². The first-order chi connectivity index (χ1) is 10.1. The number of hydrogen-bond donors (Lipinski definition) is 1. The molecular weight excluding hydrogens is 294 g/mol. The van der Waals surface area contributed by atoms with E-state index in [2.05, 4.69) is 10.2 Å². The van der Waals surface area contributed by atoms with Crippen molar-refractivity contribution in [2.24, 2.45) is 0 Å². The Morgan fingerprint density at radius 1 is 1.38 bits per heavy atom. The Hall–Kier alpha value is -1.77. The molecule has 1 fully saturated rings.